The molecule has 1 aromatic rings. The van der Waals surface area contributed by atoms with Gasteiger partial charge < -0.3 is 9.64 Å². The highest BCUT2D eigenvalue weighted by Crippen LogP contribution is 2.26. The lowest BCUT2D eigenvalue weighted by molar-refractivity contribution is -0.151. The average Bonchev–Trinajstić information content (AvgIpc) is 2.51. The number of esters is 1. The fourth-order valence-corrected chi connectivity index (χ4v) is 3.12. The number of piperidine rings is 1. The fourth-order valence-electron chi connectivity index (χ4n) is 2.59. The summed E-state index contributed by atoms with van der Waals surface area (Å²) in [4.78, 5) is 25.8. The van der Waals surface area contributed by atoms with Crippen LogP contribution in [-0.2, 0) is 20.7 Å². The molecule has 0 aromatic heterocycles. The van der Waals surface area contributed by atoms with Crippen molar-refractivity contribution in [3.63, 3.8) is 0 Å². The van der Waals surface area contributed by atoms with Gasteiger partial charge in [0.1, 0.15) is 0 Å². The van der Waals surface area contributed by atoms with Crippen LogP contribution in [0.3, 0.4) is 0 Å². The molecule has 0 atom stereocenters. The Hall–Kier alpha value is -1.26. The molecule has 1 amide bonds. The molecule has 1 heterocycles. The zero-order chi connectivity index (χ0) is 16.1. The third-order valence-electron chi connectivity index (χ3n) is 3.86. The van der Waals surface area contributed by atoms with E-state index in [1.54, 1.807) is 30.0 Å². The quantitative estimate of drug-likeness (QED) is 0.787. The number of carbonyl (C=O) groups is 2. The molecule has 0 spiro atoms. The minimum Gasteiger partial charge on any atom is -0.466 e. The highest BCUT2D eigenvalue weighted by molar-refractivity contribution is 6.36. The van der Waals surface area contributed by atoms with Crippen molar-refractivity contribution in [1.29, 1.82) is 0 Å². The summed E-state index contributed by atoms with van der Waals surface area (Å²) in [5, 5.41) is 1.00. The minimum atomic E-state index is -0.163. The number of benzene rings is 1. The van der Waals surface area contributed by atoms with Crippen molar-refractivity contribution in [3.8, 4) is 0 Å². The van der Waals surface area contributed by atoms with Crippen LogP contribution in [0, 0.1) is 5.92 Å². The molecule has 22 heavy (non-hydrogen) atoms. The number of hydrogen-bond acceptors (Lipinski definition) is 3. The van der Waals surface area contributed by atoms with Gasteiger partial charge in [-0.15, -0.1) is 0 Å². The van der Waals surface area contributed by atoms with Crippen LogP contribution in [0.1, 0.15) is 25.3 Å². The summed E-state index contributed by atoms with van der Waals surface area (Å²) < 4.78 is 5.03. The number of rotatable bonds is 4. The van der Waals surface area contributed by atoms with Gasteiger partial charge in [0.15, 0.2) is 0 Å². The molecule has 1 aliphatic rings. The molecule has 4 nitrogen and oxygen atoms in total. The lowest BCUT2D eigenvalue weighted by Gasteiger charge is -2.31. The second-order valence-corrected chi connectivity index (χ2v) is 6.10. The third-order valence-corrected chi connectivity index (χ3v) is 4.57. The van der Waals surface area contributed by atoms with Crippen LogP contribution >= 0.6 is 23.2 Å². The van der Waals surface area contributed by atoms with E-state index in [1.807, 2.05) is 0 Å². The molecule has 6 heteroatoms. The third kappa shape index (κ3) is 4.14. The number of likely N-dealkylation sites (tertiary alicyclic amines) is 1. The lowest BCUT2D eigenvalue weighted by Crippen LogP contribution is -2.41. The number of halogens is 2. The fraction of sp³-hybridized carbons (Fsp3) is 0.500. The Morgan fingerprint density at radius 1 is 1.23 bits per heavy atom. The Morgan fingerprint density at radius 2 is 1.82 bits per heavy atom. The summed E-state index contributed by atoms with van der Waals surface area (Å²) in [5.74, 6) is -0.283. The Bertz CT molecular complexity index is 534. The van der Waals surface area contributed by atoms with E-state index >= 15 is 0 Å². The van der Waals surface area contributed by atoms with Crippen LogP contribution in [0.2, 0.25) is 10.0 Å². The van der Waals surface area contributed by atoms with Gasteiger partial charge in [-0.3, -0.25) is 9.59 Å². The molecule has 0 aliphatic carbocycles. The number of hydrogen-bond donors (Lipinski definition) is 0. The first-order valence-corrected chi connectivity index (χ1v) is 8.15. The molecular weight excluding hydrogens is 325 g/mol. The molecular formula is C16H19Cl2NO3. The van der Waals surface area contributed by atoms with Crippen LogP contribution < -0.4 is 0 Å². The van der Waals surface area contributed by atoms with E-state index in [0.717, 1.165) is 0 Å². The van der Waals surface area contributed by atoms with Gasteiger partial charge in [-0.2, -0.15) is 0 Å². The maximum absolute atomic E-state index is 12.4. The van der Waals surface area contributed by atoms with E-state index < -0.39 is 0 Å². The number of amides is 1. The van der Waals surface area contributed by atoms with Crippen molar-refractivity contribution in [2.45, 2.75) is 26.2 Å². The van der Waals surface area contributed by atoms with E-state index in [2.05, 4.69) is 0 Å². The molecule has 1 aliphatic heterocycles. The van der Waals surface area contributed by atoms with E-state index in [-0.39, 0.29) is 24.2 Å². The maximum Gasteiger partial charge on any atom is 0.309 e. The monoisotopic (exact) mass is 343 g/mol. The first-order valence-electron chi connectivity index (χ1n) is 7.40. The zero-order valence-corrected chi connectivity index (χ0v) is 14.0. The Kier molecular flexibility index (Phi) is 6.09. The predicted molar refractivity (Wildman–Crippen MR) is 86.1 cm³/mol. The van der Waals surface area contributed by atoms with Gasteiger partial charge >= 0.3 is 5.97 Å². The van der Waals surface area contributed by atoms with Gasteiger partial charge in [0, 0.05) is 23.1 Å². The first-order chi connectivity index (χ1) is 10.5. The van der Waals surface area contributed by atoms with Gasteiger partial charge in [-0.05, 0) is 37.5 Å². The van der Waals surface area contributed by atoms with Crippen molar-refractivity contribution in [2.75, 3.05) is 19.7 Å². The van der Waals surface area contributed by atoms with Crippen molar-refractivity contribution < 1.29 is 14.3 Å². The van der Waals surface area contributed by atoms with Gasteiger partial charge in [0.25, 0.3) is 0 Å². The van der Waals surface area contributed by atoms with E-state index in [1.165, 1.54) is 0 Å². The topological polar surface area (TPSA) is 46.6 Å². The summed E-state index contributed by atoms with van der Waals surface area (Å²) >= 11 is 12.2. The molecule has 1 aromatic carbocycles. The van der Waals surface area contributed by atoms with Gasteiger partial charge in [0.2, 0.25) is 5.91 Å². The van der Waals surface area contributed by atoms with E-state index in [0.29, 0.717) is 48.1 Å². The molecule has 0 bridgehead atoms. The Labute approximate surface area is 140 Å². The van der Waals surface area contributed by atoms with Crippen LogP contribution in [0.5, 0.6) is 0 Å². The average molecular weight is 344 g/mol. The van der Waals surface area contributed by atoms with Crippen LogP contribution in [0.15, 0.2) is 18.2 Å². The molecule has 2 rings (SSSR count). The summed E-state index contributed by atoms with van der Waals surface area (Å²) in [6.07, 6.45) is 1.46. The first kappa shape index (κ1) is 17.1. The second kappa shape index (κ2) is 7.84. The van der Waals surface area contributed by atoms with Crippen molar-refractivity contribution in [1.82, 2.24) is 4.90 Å². The molecule has 0 unspecified atom stereocenters. The molecule has 120 valence electrons. The van der Waals surface area contributed by atoms with E-state index in [4.69, 9.17) is 27.9 Å². The molecule has 0 saturated carbocycles. The molecule has 0 N–H and O–H groups in total. The van der Waals surface area contributed by atoms with Gasteiger partial charge in [-0.1, -0.05) is 29.3 Å². The molecule has 0 radical (unpaired) electrons. The zero-order valence-electron chi connectivity index (χ0n) is 12.5. The largest absolute Gasteiger partial charge is 0.466 e. The summed E-state index contributed by atoms with van der Waals surface area (Å²) in [6, 6.07) is 5.20. The maximum atomic E-state index is 12.4. The number of ether oxygens (including phenoxy) is 1. The smallest absolute Gasteiger partial charge is 0.309 e. The SMILES string of the molecule is CCOC(=O)C1CCN(C(=O)Cc2c(Cl)cccc2Cl)CC1. The van der Waals surface area contributed by atoms with Crippen molar-refractivity contribution in [3.05, 3.63) is 33.8 Å². The van der Waals surface area contributed by atoms with E-state index in [9.17, 15) is 9.59 Å². The summed E-state index contributed by atoms with van der Waals surface area (Å²) in [7, 11) is 0. The number of nitrogens with zero attached hydrogens (tertiary/aromatic N) is 1. The van der Waals surface area contributed by atoms with Crippen molar-refractivity contribution >= 4 is 35.1 Å². The van der Waals surface area contributed by atoms with Crippen LogP contribution in [0.4, 0.5) is 0 Å². The highest BCUT2D eigenvalue weighted by Gasteiger charge is 2.28. The summed E-state index contributed by atoms with van der Waals surface area (Å²) in [6.45, 7) is 3.31. The second-order valence-electron chi connectivity index (χ2n) is 5.28. The van der Waals surface area contributed by atoms with Crippen molar-refractivity contribution in [2.24, 2.45) is 5.92 Å². The van der Waals surface area contributed by atoms with Gasteiger partial charge in [0.05, 0.1) is 18.9 Å². The standard InChI is InChI=1S/C16H19Cl2NO3/c1-2-22-16(21)11-6-8-19(9-7-11)15(20)10-12-13(17)4-3-5-14(12)18/h3-5,11H,2,6-10H2,1H3. The highest BCUT2D eigenvalue weighted by atomic mass is 35.5. The normalized spacial score (nSPS) is 15.7. The number of carbonyl (C=O) groups excluding carboxylic acids is 2. The minimum absolute atomic E-state index is 0.0164. The Balaban J connectivity index is 1.92. The molecule has 1 fully saturated rings. The summed E-state index contributed by atoms with van der Waals surface area (Å²) in [5.41, 5.74) is 0.656. The van der Waals surface area contributed by atoms with Crippen LogP contribution in [0.25, 0.3) is 0 Å². The molecule has 1 saturated heterocycles. The lowest BCUT2D eigenvalue weighted by atomic mass is 9.96. The van der Waals surface area contributed by atoms with Gasteiger partial charge in [-0.25, -0.2) is 0 Å². The Morgan fingerprint density at radius 3 is 2.36 bits per heavy atom. The predicted octanol–water partition coefficient (Wildman–Crippen LogP) is 3.34. The van der Waals surface area contributed by atoms with Crippen LogP contribution in [-0.4, -0.2) is 36.5 Å².